The minimum atomic E-state index is 0.567. The fourth-order valence-electron chi connectivity index (χ4n) is 2.84. The van der Waals surface area contributed by atoms with E-state index in [2.05, 4.69) is 50.7 Å². The normalized spacial score (nSPS) is 19.2. The molecule has 0 aliphatic carbocycles. The summed E-state index contributed by atoms with van der Waals surface area (Å²) in [5, 5.41) is 11.6. The predicted molar refractivity (Wildman–Crippen MR) is 82.8 cm³/mol. The maximum atomic E-state index is 4.11. The van der Waals surface area contributed by atoms with Crippen LogP contribution in [-0.2, 0) is 20.0 Å². The molecule has 1 aliphatic rings. The van der Waals surface area contributed by atoms with Crippen molar-refractivity contribution in [2.24, 2.45) is 7.05 Å². The number of hydrogen-bond acceptors (Lipinski definition) is 4. The molecule has 5 nitrogen and oxygen atoms in total. The smallest absolute Gasteiger partial charge is 0.146 e. The summed E-state index contributed by atoms with van der Waals surface area (Å²) in [4.78, 5) is 2.54. The van der Waals surface area contributed by atoms with Gasteiger partial charge in [-0.05, 0) is 24.9 Å². The molecule has 1 saturated heterocycles. The second kappa shape index (κ2) is 6.83. The summed E-state index contributed by atoms with van der Waals surface area (Å²) in [6.45, 7) is 4.26. The maximum absolute atomic E-state index is 4.11. The Morgan fingerprint density at radius 2 is 2.14 bits per heavy atom. The van der Waals surface area contributed by atoms with Crippen LogP contribution in [0.4, 0.5) is 0 Å². The van der Waals surface area contributed by atoms with Gasteiger partial charge in [0, 0.05) is 26.2 Å². The van der Waals surface area contributed by atoms with E-state index in [1.165, 1.54) is 18.5 Å². The molecule has 0 amide bonds. The molecule has 1 aromatic carbocycles. The second-order valence-corrected chi connectivity index (χ2v) is 5.76. The average Bonchev–Trinajstić information content (AvgIpc) is 3.13. The summed E-state index contributed by atoms with van der Waals surface area (Å²) in [5.41, 5.74) is 1.42. The Balaban J connectivity index is 1.40. The molecule has 1 aromatic heterocycles. The molecule has 0 saturated carbocycles. The summed E-state index contributed by atoms with van der Waals surface area (Å²) < 4.78 is 1.97. The van der Waals surface area contributed by atoms with Crippen LogP contribution in [0.25, 0.3) is 0 Å². The Kier molecular flexibility index (Phi) is 4.62. The first-order valence-electron chi connectivity index (χ1n) is 7.64. The van der Waals surface area contributed by atoms with Gasteiger partial charge in [0.1, 0.15) is 12.2 Å². The summed E-state index contributed by atoms with van der Waals surface area (Å²) in [7, 11) is 1.98. The number of hydrogen-bond donors (Lipinski definition) is 1. The van der Waals surface area contributed by atoms with Crippen LogP contribution in [-0.4, -0.2) is 45.3 Å². The molecule has 2 aromatic rings. The van der Waals surface area contributed by atoms with Crippen molar-refractivity contribution in [2.75, 3.05) is 19.6 Å². The lowest BCUT2D eigenvalue weighted by atomic mass is 10.1. The molecule has 2 heterocycles. The van der Waals surface area contributed by atoms with Gasteiger partial charge in [0.15, 0.2) is 0 Å². The molecule has 112 valence electrons. The maximum Gasteiger partial charge on any atom is 0.146 e. The van der Waals surface area contributed by atoms with E-state index >= 15 is 0 Å². The van der Waals surface area contributed by atoms with E-state index < -0.39 is 0 Å². The standard InChI is InChI=1S/C16H23N5/c1-20-13-18-19-16(20)11-17-15-8-10-21(12-15)9-7-14-5-3-2-4-6-14/h2-6,13,15,17H,7-12H2,1H3. The van der Waals surface area contributed by atoms with Gasteiger partial charge < -0.3 is 14.8 Å². The molecule has 1 unspecified atom stereocenters. The van der Waals surface area contributed by atoms with Crippen molar-refractivity contribution in [1.82, 2.24) is 25.0 Å². The Hall–Kier alpha value is -1.72. The number of benzene rings is 1. The van der Waals surface area contributed by atoms with Gasteiger partial charge in [-0.25, -0.2) is 0 Å². The van der Waals surface area contributed by atoms with Crippen LogP contribution in [0, 0.1) is 0 Å². The highest BCUT2D eigenvalue weighted by molar-refractivity contribution is 5.14. The third-order valence-corrected chi connectivity index (χ3v) is 4.19. The van der Waals surface area contributed by atoms with Crippen molar-refractivity contribution in [3.63, 3.8) is 0 Å². The predicted octanol–water partition coefficient (Wildman–Crippen LogP) is 1.22. The largest absolute Gasteiger partial charge is 0.320 e. The zero-order chi connectivity index (χ0) is 14.5. The molecular formula is C16H23N5. The monoisotopic (exact) mass is 285 g/mol. The van der Waals surface area contributed by atoms with E-state index in [1.807, 2.05) is 11.6 Å². The molecular weight excluding hydrogens is 262 g/mol. The van der Waals surface area contributed by atoms with Crippen molar-refractivity contribution in [1.29, 1.82) is 0 Å². The number of aryl methyl sites for hydroxylation is 1. The average molecular weight is 285 g/mol. The van der Waals surface area contributed by atoms with Gasteiger partial charge in [-0.1, -0.05) is 30.3 Å². The van der Waals surface area contributed by atoms with E-state index in [0.717, 1.165) is 31.9 Å². The Bertz CT molecular complexity index is 551. The first kappa shape index (κ1) is 14.2. The highest BCUT2D eigenvalue weighted by atomic mass is 15.3. The van der Waals surface area contributed by atoms with Crippen LogP contribution in [0.5, 0.6) is 0 Å². The van der Waals surface area contributed by atoms with E-state index in [1.54, 1.807) is 6.33 Å². The second-order valence-electron chi connectivity index (χ2n) is 5.76. The van der Waals surface area contributed by atoms with Gasteiger partial charge >= 0.3 is 0 Å². The van der Waals surface area contributed by atoms with Gasteiger partial charge in [-0.3, -0.25) is 0 Å². The third kappa shape index (κ3) is 3.89. The number of likely N-dealkylation sites (tertiary alicyclic amines) is 1. The van der Waals surface area contributed by atoms with E-state index in [9.17, 15) is 0 Å². The molecule has 1 fully saturated rings. The van der Waals surface area contributed by atoms with Crippen LogP contribution < -0.4 is 5.32 Å². The molecule has 0 radical (unpaired) electrons. The topological polar surface area (TPSA) is 46.0 Å². The molecule has 5 heteroatoms. The van der Waals surface area contributed by atoms with Crippen LogP contribution >= 0.6 is 0 Å². The molecule has 21 heavy (non-hydrogen) atoms. The van der Waals surface area contributed by atoms with Crippen LogP contribution in [0.15, 0.2) is 36.7 Å². The van der Waals surface area contributed by atoms with E-state index in [-0.39, 0.29) is 0 Å². The number of nitrogens with one attached hydrogen (secondary N) is 1. The fraction of sp³-hybridized carbons (Fsp3) is 0.500. The van der Waals surface area contributed by atoms with E-state index in [4.69, 9.17) is 0 Å². The highest BCUT2D eigenvalue weighted by Crippen LogP contribution is 2.11. The first-order valence-corrected chi connectivity index (χ1v) is 7.64. The Labute approximate surface area is 126 Å². The van der Waals surface area contributed by atoms with Crippen molar-refractivity contribution in [3.8, 4) is 0 Å². The summed E-state index contributed by atoms with van der Waals surface area (Å²) in [6.07, 6.45) is 4.10. The molecule has 1 N–H and O–H groups in total. The molecule has 0 spiro atoms. The lowest BCUT2D eigenvalue weighted by Gasteiger charge is -2.16. The van der Waals surface area contributed by atoms with Gasteiger partial charge in [0.2, 0.25) is 0 Å². The van der Waals surface area contributed by atoms with Crippen LogP contribution in [0.2, 0.25) is 0 Å². The lowest BCUT2D eigenvalue weighted by Crippen LogP contribution is -2.33. The lowest BCUT2D eigenvalue weighted by molar-refractivity contribution is 0.331. The van der Waals surface area contributed by atoms with E-state index in [0.29, 0.717) is 6.04 Å². The van der Waals surface area contributed by atoms with Gasteiger partial charge in [0.05, 0.1) is 6.54 Å². The highest BCUT2D eigenvalue weighted by Gasteiger charge is 2.21. The number of rotatable bonds is 6. The van der Waals surface area contributed by atoms with Gasteiger partial charge in [-0.2, -0.15) is 0 Å². The SMILES string of the molecule is Cn1cnnc1CNC1CCN(CCc2ccccc2)C1. The van der Waals surface area contributed by atoms with Crippen LogP contribution in [0.1, 0.15) is 17.8 Å². The van der Waals surface area contributed by atoms with Gasteiger partial charge in [-0.15, -0.1) is 10.2 Å². The fourth-order valence-corrected chi connectivity index (χ4v) is 2.84. The summed E-state index contributed by atoms with van der Waals surface area (Å²) in [6, 6.07) is 11.3. The molecule has 0 bridgehead atoms. The zero-order valence-electron chi connectivity index (χ0n) is 12.6. The summed E-state index contributed by atoms with van der Waals surface area (Å²) >= 11 is 0. The molecule has 3 rings (SSSR count). The van der Waals surface area contributed by atoms with Crippen molar-refractivity contribution >= 4 is 0 Å². The van der Waals surface area contributed by atoms with Gasteiger partial charge in [0.25, 0.3) is 0 Å². The van der Waals surface area contributed by atoms with Crippen LogP contribution in [0.3, 0.4) is 0 Å². The van der Waals surface area contributed by atoms with Crippen molar-refractivity contribution in [3.05, 3.63) is 48.0 Å². The Morgan fingerprint density at radius 1 is 1.29 bits per heavy atom. The molecule has 1 atom stereocenters. The van der Waals surface area contributed by atoms with Crippen molar-refractivity contribution < 1.29 is 0 Å². The quantitative estimate of drug-likeness (QED) is 0.867. The third-order valence-electron chi connectivity index (χ3n) is 4.19. The number of aromatic nitrogens is 3. The zero-order valence-corrected chi connectivity index (χ0v) is 12.6. The molecule has 1 aliphatic heterocycles. The summed E-state index contributed by atoms with van der Waals surface area (Å²) in [5.74, 6) is 0.998. The minimum Gasteiger partial charge on any atom is -0.320 e. The first-order chi connectivity index (χ1) is 10.3. The minimum absolute atomic E-state index is 0.567. The number of nitrogens with zero attached hydrogens (tertiary/aromatic N) is 4. The Morgan fingerprint density at radius 3 is 2.90 bits per heavy atom. The van der Waals surface area contributed by atoms with Crippen molar-refractivity contribution in [2.45, 2.75) is 25.4 Å².